The smallest absolute Gasteiger partial charge is 0.270 e. The van der Waals surface area contributed by atoms with Gasteiger partial charge in [0, 0.05) is 18.5 Å². The Morgan fingerprint density at radius 1 is 1.22 bits per heavy atom. The van der Waals surface area contributed by atoms with Crippen LogP contribution in [0.5, 0.6) is 0 Å². The highest BCUT2D eigenvalue weighted by Crippen LogP contribution is 2.10. The molecule has 134 valence electrons. The van der Waals surface area contributed by atoms with E-state index in [0.29, 0.717) is 12.2 Å². The molecule has 1 saturated heterocycles. The second-order valence-electron chi connectivity index (χ2n) is 5.55. The van der Waals surface area contributed by atoms with Gasteiger partial charge in [0.05, 0.1) is 0 Å². The standard InChI is InChI=1S/C15H26N4OS.2ClH/c16-11-14-18-13(12-21-14)15(20)17-7-3-1-4-8-19-9-5-2-6-10-19;;/h12H,1-11,16H2,(H,17,20);2*1H. The van der Waals surface area contributed by atoms with Crippen molar-refractivity contribution >= 4 is 42.1 Å². The van der Waals surface area contributed by atoms with Crippen LogP contribution < -0.4 is 11.1 Å². The zero-order valence-electron chi connectivity index (χ0n) is 13.5. The summed E-state index contributed by atoms with van der Waals surface area (Å²) >= 11 is 1.44. The first-order valence-corrected chi connectivity index (χ1v) is 8.82. The van der Waals surface area contributed by atoms with Gasteiger partial charge in [0.25, 0.3) is 5.91 Å². The summed E-state index contributed by atoms with van der Waals surface area (Å²) in [5.41, 5.74) is 5.99. The van der Waals surface area contributed by atoms with Crippen LogP contribution in [0.25, 0.3) is 0 Å². The van der Waals surface area contributed by atoms with Gasteiger partial charge in [-0.15, -0.1) is 36.2 Å². The number of nitrogens with one attached hydrogen (secondary N) is 1. The van der Waals surface area contributed by atoms with E-state index in [4.69, 9.17) is 5.73 Å². The number of carbonyl (C=O) groups excluding carboxylic acids is 1. The van der Waals surface area contributed by atoms with E-state index in [0.717, 1.165) is 18.0 Å². The number of unbranched alkanes of at least 4 members (excludes halogenated alkanes) is 2. The van der Waals surface area contributed by atoms with Crippen molar-refractivity contribution in [2.45, 2.75) is 45.1 Å². The molecule has 0 bridgehead atoms. The molecule has 1 aromatic heterocycles. The molecule has 5 nitrogen and oxygen atoms in total. The highest BCUT2D eigenvalue weighted by molar-refractivity contribution is 7.09. The first-order valence-electron chi connectivity index (χ1n) is 7.94. The molecule has 1 fully saturated rings. The molecule has 1 aliphatic rings. The van der Waals surface area contributed by atoms with Crippen molar-refractivity contribution in [2.24, 2.45) is 5.73 Å². The number of amides is 1. The molecular formula is C15H28Cl2N4OS. The van der Waals surface area contributed by atoms with Gasteiger partial charge in [-0.3, -0.25) is 4.79 Å². The predicted molar refractivity (Wildman–Crippen MR) is 101 cm³/mol. The van der Waals surface area contributed by atoms with Crippen LogP contribution in [-0.4, -0.2) is 42.0 Å². The lowest BCUT2D eigenvalue weighted by Crippen LogP contribution is -2.30. The Kier molecular flexibility index (Phi) is 12.7. The average Bonchev–Trinajstić information content (AvgIpc) is 3.00. The Hall–Kier alpha value is -0.400. The molecule has 0 aliphatic carbocycles. The maximum Gasteiger partial charge on any atom is 0.270 e. The van der Waals surface area contributed by atoms with Gasteiger partial charge in [0.2, 0.25) is 0 Å². The normalized spacial score (nSPS) is 14.7. The third-order valence-electron chi connectivity index (χ3n) is 3.84. The minimum absolute atomic E-state index is 0. The van der Waals surface area contributed by atoms with Crippen molar-refractivity contribution in [3.8, 4) is 0 Å². The number of hydrogen-bond acceptors (Lipinski definition) is 5. The van der Waals surface area contributed by atoms with Gasteiger partial charge in [-0.2, -0.15) is 0 Å². The first kappa shape index (κ1) is 22.6. The number of nitrogens with zero attached hydrogens (tertiary/aromatic N) is 2. The molecule has 0 unspecified atom stereocenters. The largest absolute Gasteiger partial charge is 0.351 e. The fraction of sp³-hybridized carbons (Fsp3) is 0.733. The molecule has 2 rings (SSSR count). The van der Waals surface area contributed by atoms with Crippen molar-refractivity contribution in [2.75, 3.05) is 26.2 Å². The minimum atomic E-state index is -0.0815. The molecule has 1 amide bonds. The number of thiazole rings is 1. The minimum Gasteiger partial charge on any atom is -0.351 e. The van der Waals surface area contributed by atoms with Crippen LogP contribution in [-0.2, 0) is 6.54 Å². The Morgan fingerprint density at radius 2 is 1.96 bits per heavy atom. The lowest BCUT2D eigenvalue weighted by molar-refractivity contribution is 0.0948. The van der Waals surface area contributed by atoms with Crippen LogP contribution in [0, 0.1) is 0 Å². The average molecular weight is 383 g/mol. The second kappa shape index (κ2) is 13.0. The molecule has 8 heteroatoms. The van der Waals surface area contributed by atoms with Gasteiger partial charge >= 0.3 is 0 Å². The number of hydrogen-bond donors (Lipinski definition) is 2. The Morgan fingerprint density at radius 3 is 2.61 bits per heavy atom. The summed E-state index contributed by atoms with van der Waals surface area (Å²) in [5.74, 6) is -0.0815. The van der Waals surface area contributed by atoms with Gasteiger partial charge in [0.15, 0.2) is 0 Å². The van der Waals surface area contributed by atoms with E-state index in [9.17, 15) is 4.79 Å². The molecule has 3 N–H and O–H groups in total. The molecule has 1 aromatic rings. The van der Waals surface area contributed by atoms with E-state index >= 15 is 0 Å². The first-order chi connectivity index (χ1) is 10.3. The topological polar surface area (TPSA) is 71.2 Å². The SMILES string of the molecule is Cl.Cl.NCc1nc(C(=O)NCCCCCN2CCCCC2)cs1. The van der Waals surface area contributed by atoms with Gasteiger partial charge < -0.3 is 16.0 Å². The van der Waals surface area contributed by atoms with E-state index in [1.807, 2.05) is 0 Å². The molecule has 0 atom stereocenters. The van der Waals surface area contributed by atoms with Gasteiger partial charge in [-0.1, -0.05) is 12.8 Å². The van der Waals surface area contributed by atoms with Crippen LogP contribution in [0.4, 0.5) is 0 Å². The van der Waals surface area contributed by atoms with Crippen molar-refractivity contribution in [1.29, 1.82) is 0 Å². The van der Waals surface area contributed by atoms with Crippen molar-refractivity contribution < 1.29 is 4.79 Å². The highest BCUT2D eigenvalue weighted by Gasteiger charge is 2.10. The summed E-state index contributed by atoms with van der Waals surface area (Å²) in [6.45, 7) is 4.87. The highest BCUT2D eigenvalue weighted by atomic mass is 35.5. The van der Waals surface area contributed by atoms with Crippen LogP contribution in [0.1, 0.15) is 54.0 Å². The maximum atomic E-state index is 11.8. The number of halogens is 2. The summed E-state index contributed by atoms with van der Waals surface area (Å²) in [6, 6.07) is 0. The van der Waals surface area contributed by atoms with Crippen molar-refractivity contribution in [3.05, 3.63) is 16.1 Å². The number of nitrogens with two attached hydrogens (primary N) is 1. The van der Waals surface area contributed by atoms with E-state index in [2.05, 4.69) is 15.2 Å². The van der Waals surface area contributed by atoms with Crippen LogP contribution >= 0.6 is 36.2 Å². The zero-order chi connectivity index (χ0) is 14.9. The molecule has 2 heterocycles. The molecule has 0 aromatic carbocycles. The van der Waals surface area contributed by atoms with Crippen LogP contribution in [0.2, 0.25) is 0 Å². The number of carbonyl (C=O) groups is 1. The summed E-state index contributed by atoms with van der Waals surface area (Å²) in [4.78, 5) is 18.6. The molecule has 0 radical (unpaired) electrons. The Labute approximate surface area is 155 Å². The second-order valence-corrected chi connectivity index (χ2v) is 6.49. The number of likely N-dealkylation sites (tertiary alicyclic amines) is 1. The number of rotatable bonds is 8. The van der Waals surface area contributed by atoms with Crippen molar-refractivity contribution in [3.63, 3.8) is 0 Å². The molecule has 1 aliphatic heterocycles. The van der Waals surface area contributed by atoms with Gasteiger partial charge in [-0.05, 0) is 45.3 Å². The maximum absolute atomic E-state index is 11.8. The quantitative estimate of drug-likeness (QED) is 0.678. The molecular weight excluding hydrogens is 355 g/mol. The third-order valence-corrected chi connectivity index (χ3v) is 4.72. The number of piperidine rings is 1. The Bertz CT molecular complexity index is 439. The molecule has 0 saturated carbocycles. The Balaban J connectivity index is 0.00000242. The number of aromatic nitrogens is 1. The summed E-state index contributed by atoms with van der Waals surface area (Å²) in [7, 11) is 0. The van der Waals surface area contributed by atoms with Gasteiger partial charge in [0.1, 0.15) is 10.7 Å². The lowest BCUT2D eigenvalue weighted by Gasteiger charge is -2.26. The van der Waals surface area contributed by atoms with E-state index in [1.54, 1.807) is 5.38 Å². The lowest BCUT2D eigenvalue weighted by atomic mass is 10.1. The molecule has 0 spiro atoms. The van der Waals surface area contributed by atoms with Crippen LogP contribution in [0.3, 0.4) is 0 Å². The summed E-state index contributed by atoms with van der Waals surface area (Å²) < 4.78 is 0. The van der Waals surface area contributed by atoms with Crippen LogP contribution in [0.15, 0.2) is 5.38 Å². The summed E-state index contributed by atoms with van der Waals surface area (Å²) in [5, 5.41) is 5.50. The monoisotopic (exact) mass is 382 g/mol. The van der Waals surface area contributed by atoms with E-state index < -0.39 is 0 Å². The van der Waals surface area contributed by atoms with E-state index in [1.165, 1.54) is 63.1 Å². The fourth-order valence-corrected chi connectivity index (χ4v) is 3.28. The van der Waals surface area contributed by atoms with Gasteiger partial charge in [-0.25, -0.2) is 4.98 Å². The van der Waals surface area contributed by atoms with Crippen molar-refractivity contribution in [1.82, 2.24) is 15.2 Å². The fourth-order valence-electron chi connectivity index (χ4n) is 2.62. The zero-order valence-corrected chi connectivity index (χ0v) is 15.9. The molecule has 23 heavy (non-hydrogen) atoms. The third kappa shape index (κ3) is 8.31. The predicted octanol–water partition coefficient (Wildman–Crippen LogP) is 2.83. The van der Waals surface area contributed by atoms with E-state index in [-0.39, 0.29) is 30.7 Å². The summed E-state index contributed by atoms with van der Waals surface area (Å²) in [6.07, 6.45) is 7.53.